The second kappa shape index (κ2) is 4.82. The molecule has 0 saturated heterocycles. The summed E-state index contributed by atoms with van der Waals surface area (Å²) in [5, 5.41) is 0.921. The van der Waals surface area contributed by atoms with E-state index >= 15 is 0 Å². The van der Waals surface area contributed by atoms with Crippen molar-refractivity contribution in [3.8, 4) is 0 Å². The van der Waals surface area contributed by atoms with E-state index in [1.54, 1.807) is 0 Å². The van der Waals surface area contributed by atoms with Crippen LogP contribution in [0.5, 0.6) is 0 Å². The fraction of sp³-hybridized carbons (Fsp3) is 0.357. The number of benzene rings is 1. The molecule has 1 aromatic carbocycles. The molecule has 2 aromatic rings. The summed E-state index contributed by atoms with van der Waals surface area (Å²) in [5.41, 5.74) is 4.18. The molecular formula is C14H16N2O2. The van der Waals surface area contributed by atoms with Gasteiger partial charge in [-0.3, -0.25) is 9.63 Å². The maximum Gasteiger partial charge on any atom is 0.275 e. The number of hydroxylamine groups is 1. The van der Waals surface area contributed by atoms with E-state index in [0.717, 1.165) is 23.7 Å². The predicted octanol–water partition coefficient (Wildman–Crippen LogP) is 2.77. The van der Waals surface area contributed by atoms with Gasteiger partial charge in [0.05, 0.1) is 11.7 Å². The quantitative estimate of drug-likeness (QED) is 0.816. The molecule has 4 nitrogen and oxygen atoms in total. The zero-order chi connectivity index (χ0) is 12.4. The van der Waals surface area contributed by atoms with Crippen LogP contribution >= 0.6 is 0 Å². The number of carbonyl (C=O) groups is 1. The number of rotatable bonds is 3. The van der Waals surface area contributed by atoms with Crippen LogP contribution in [0.25, 0.3) is 10.9 Å². The van der Waals surface area contributed by atoms with Crippen molar-refractivity contribution in [1.29, 1.82) is 0 Å². The molecule has 3 rings (SSSR count). The van der Waals surface area contributed by atoms with Crippen LogP contribution in [0, 0.1) is 0 Å². The molecule has 94 valence electrons. The minimum absolute atomic E-state index is 0.174. The molecule has 1 saturated carbocycles. The third kappa shape index (κ3) is 2.11. The number of fused-ring (bicyclic) bond motifs is 1. The molecule has 2 N–H and O–H groups in total. The molecular weight excluding hydrogens is 228 g/mol. The van der Waals surface area contributed by atoms with Crippen LogP contribution < -0.4 is 5.48 Å². The zero-order valence-electron chi connectivity index (χ0n) is 10.1. The highest BCUT2D eigenvalue weighted by Crippen LogP contribution is 2.21. The molecule has 0 atom stereocenters. The number of H-pyrrole nitrogens is 1. The van der Waals surface area contributed by atoms with E-state index in [-0.39, 0.29) is 12.0 Å². The molecule has 1 heterocycles. The van der Waals surface area contributed by atoms with Gasteiger partial charge < -0.3 is 4.98 Å². The first-order valence-corrected chi connectivity index (χ1v) is 6.37. The second-order valence-corrected chi connectivity index (χ2v) is 4.70. The highest BCUT2D eigenvalue weighted by atomic mass is 16.7. The van der Waals surface area contributed by atoms with Crippen molar-refractivity contribution < 1.29 is 9.63 Å². The summed E-state index contributed by atoms with van der Waals surface area (Å²) in [5.74, 6) is -0.174. The van der Waals surface area contributed by atoms with Gasteiger partial charge in [-0.1, -0.05) is 18.9 Å². The Morgan fingerprint density at radius 2 is 2.11 bits per heavy atom. The van der Waals surface area contributed by atoms with Gasteiger partial charge in [0.2, 0.25) is 0 Å². The van der Waals surface area contributed by atoms with Crippen LogP contribution in [0.15, 0.2) is 30.5 Å². The number of nitrogens with one attached hydrogen (secondary N) is 2. The highest BCUT2D eigenvalue weighted by molar-refractivity contribution is 6.05. The Bertz CT molecular complexity index is 556. The van der Waals surface area contributed by atoms with Crippen molar-refractivity contribution in [3.63, 3.8) is 0 Å². The van der Waals surface area contributed by atoms with Crippen molar-refractivity contribution in [1.82, 2.24) is 10.5 Å². The van der Waals surface area contributed by atoms with Crippen molar-refractivity contribution in [2.45, 2.75) is 31.8 Å². The third-order valence-corrected chi connectivity index (χ3v) is 3.46. The Morgan fingerprint density at radius 3 is 2.94 bits per heavy atom. The van der Waals surface area contributed by atoms with Gasteiger partial charge in [-0.2, -0.15) is 0 Å². The summed E-state index contributed by atoms with van der Waals surface area (Å²) in [6, 6.07) is 7.52. The Kier molecular flexibility index (Phi) is 3.02. The van der Waals surface area contributed by atoms with E-state index in [0.29, 0.717) is 5.56 Å². The monoisotopic (exact) mass is 244 g/mol. The van der Waals surface area contributed by atoms with Gasteiger partial charge in [0.25, 0.3) is 5.91 Å². The van der Waals surface area contributed by atoms with Crippen LogP contribution in [-0.2, 0) is 4.84 Å². The van der Waals surface area contributed by atoms with Gasteiger partial charge in [0.15, 0.2) is 0 Å². The lowest BCUT2D eigenvalue weighted by atomic mass is 10.1. The SMILES string of the molecule is O=C(NOC1CCCC1)c1cccc2[nH]ccc12. The molecule has 1 aromatic heterocycles. The number of amides is 1. The molecule has 0 radical (unpaired) electrons. The van der Waals surface area contributed by atoms with Gasteiger partial charge in [0, 0.05) is 17.1 Å². The first-order valence-electron chi connectivity index (χ1n) is 6.37. The number of carbonyl (C=O) groups excluding carboxylic acids is 1. The third-order valence-electron chi connectivity index (χ3n) is 3.46. The van der Waals surface area contributed by atoms with Gasteiger partial charge in [-0.25, -0.2) is 5.48 Å². The van der Waals surface area contributed by atoms with Crippen LogP contribution in [0.3, 0.4) is 0 Å². The molecule has 1 aliphatic carbocycles. The topological polar surface area (TPSA) is 54.1 Å². The summed E-state index contributed by atoms with van der Waals surface area (Å²) >= 11 is 0. The molecule has 1 fully saturated rings. The van der Waals surface area contributed by atoms with Gasteiger partial charge >= 0.3 is 0 Å². The minimum atomic E-state index is -0.174. The summed E-state index contributed by atoms with van der Waals surface area (Å²) < 4.78 is 0. The number of aromatic nitrogens is 1. The van der Waals surface area contributed by atoms with Crippen LogP contribution in [0.4, 0.5) is 0 Å². The molecule has 0 unspecified atom stereocenters. The molecule has 0 bridgehead atoms. The second-order valence-electron chi connectivity index (χ2n) is 4.70. The molecule has 18 heavy (non-hydrogen) atoms. The zero-order valence-corrected chi connectivity index (χ0v) is 10.1. The average Bonchev–Trinajstić information content (AvgIpc) is 3.05. The first-order chi connectivity index (χ1) is 8.84. The normalized spacial score (nSPS) is 16.2. The van der Waals surface area contributed by atoms with Crippen molar-refractivity contribution >= 4 is 16.8 Å². The fourth-order valence-electron chi connectivity index (χ4n) is 2.48. The van der Waals surface area contributed by atoms with Crippen molar-refractivity contribution in [2.75, 3.05) is 0 Å². The molecule has 1 aliphatic rings. The van der Waals surface area contributed by atoms with Crippen LogP contribution in [-0.4, -0.2) is 17.0 Å². The number of hydrogen-bond acceptors (Lipinski definition) is 2. The lowest BCUT2D eigenvalue weighted by Crippen LogP contribution is -2.28. The Morgan fingerprint density at radius 1 is 1.28 bits per heavy atom. The Labute approximate surface area is 105 Å². The van der Waals surface area contributed by atoms with Crippen molar-refractivity contribution in [2.24, 2.45) is 0 Å². The molecule has 4 heteroatoms. The van der Waals surface area contributed by atoms with E-state index in [9.17, 15) is 4.79 Å². The van der Waals surface area contributed by atoms with E-state index in [1.807, 2.05) is 30.5 Å². The first kappa shape index (κ1) is 11.3. The summed E-state index contributed by atoms with van der Waals surface area (Å²) in [7, 11) is 0. The fourth-order valence-corrected chi connectivity index (χ4v) is 2.48. The lowest BCUT2D eigenvalue weighted by molar-refractivity contribution is -0.0123. The number of aromatic amines is 1. The smallest absolute Gasteiger partial charge is 0.275 e. The Balaban J connectivity index is 1.73. The van der Waals surface area contributed by atoms with Crippen LogP contribution in [0.1, 0.15) is 36.0 Å². The largest absolute Gasteiger partial charge is 0.361 e. The van der Waals surface area contributed by atoms with Gasteiger partial charge in [0.1, 0.15) is 0 Å². The predicted molar refractivity (Wildman–Crippen MR) is 69.1 cm³/mol. The van der Waals surface area contributed by atoms with Crippen LogP contribution in [0.2, 0.25) is 0 Å². The van der Waals surface area contributed by atoms with E-state index in [4.69, 9.17) is 4.84 Å². The van der Waals surface area contributed by atoms with E-state index in [2.05, 4.69) is 10.5 Å². The average molecular weight is 244 g/mol. The maximum atomic E-state index is 12.1. The standard InChI is InChI=1S/C14H16N2O2/c17-14(16-18-10-4-1-2-5-10)12-6-3-7-13-11(12)8-9-15-13/h3,6-10,15H,1-2,4-5H2,(H,16,17). The molecule has 0 spiro atoms. The highest BCUT2D eigenvalue weighted by Gasteiger charge is 2.18. The summed E-state index contributed by atoms with van der Waals surface area (Å²) in [6.07, 6.45) is 6.46. The van der Waals surface area contributed by atoms with E-state index < -0.39 is 0 Å². The maximum absolute atomic E-state index is 12.1. The molecule has 0 aliphatic heterocycles. The summed E-state index contributed by atoms with van der Waals surface area (Å²) in [4.78, 5) is 20.6. The minimum Gasteiger partial charge on any atom is -0.361 e. The lowest BCUT2D eigenvalue weighted by Gasteiger charge is -2.11. The van der Waals surface area contributed by atoms with Gasteiger partial charge in [-0.15, -0.1) is 0 Å². The Hall–Kier alpha value is -1.81. The summed E-state index contributed by atoms with van der Waals surface area (Å²) in [6.45, 7) is 0. The van der Waals surface area contributed by atoms with E-state index in [1.165, 1.54) is 12.8 Å². The van der Waals surface area contributed by atoms with Crippen molar-refractivity contribution in [3.05, 3.63) is 36.0 Å². The number of hydrogen-bond donors (Lipinski definition) is 2. The van der Waals surface area contributed by atoms with Gasteiger partial charge in [-0.05, 0) is 31.0 Å². The molecule has 1 amide bonds.